The molecule has 1 fully saturated rings. The van der Waals surface area contributed by atoms with Gasteiger partial charge in [0.15, 0.2) is 11.5 Å². The van der Waals surface area contributed by atoms with Gasteiger partial charge in [-0.15, -0.1) is 0 Å². The number of hydrogen-bond acceptors (Lipinski definition) is 4. The number of rotatable bonds is 8. The van der Waals surface area contributed by atoms with E-state index < -0.39 is 6.61 Å². The molecule has 7 heteroatoms. The van der Waals surface area contributed by atoms with Gasteiger partial charge in [-0.1, -0.05) is 6.42 Å². The van der Waals surface area contributed by atoms with E-state index >= 15 is 0 Å². The Balaban J connectivity index is 1.80. The smallest absolute Gasteiger partial charge is 0.387 e. The standard InChI is InChI=1S/C17H24F2N2O3/c1-23-15-12-13(6-7-14(15)24-17(18)19)16(22)20-8-5-11-21-9-3-2-4-10-21/h6-7,12,17H,2-5,8-11H2,1H3,(H,20,22). The number of benzene rings is 1. The summed E-state index contributed by atoms with van der Waals surface area (Å²) in [6.07, 6.45) is 4.69. The van der Waals surface area contributed by atoms with Crippen molar-refractivity contribution in [1.29, 1.82) is 0 Å². The van der Waals surface area contributed by atoms with Gasteiger partial charge in [-0.2, -0.15) is 8.78 Å². The molecule has 2 rings (SSSR count). The monoisotopic (exact) mass is 342 g/mol. The van der Waals surface area contributed by atoms with Crippen LogP contribution in [0.25, 0.3) is 0 Å². The molecule has 1 amide bonds. The van der Waals surface area contributed by atoms with Gasteiger partial charge in [0.1, 0.15) is 0 Å². The number of nitrogens with one attached hydrogen (secondary N) is 1. The minimum absolute atomic E-state index is 0.0888. The highest BCUT2D eigenvalue weighted by atomic mass is 19.3. The first-order chi connectivity index (χ1) is 11.6. The average molecular weight is 342 g/mol. The molecule has 0 aliphatic carbocycles. The highest BCUT2D eigenvalue weighted by molar-refractivity contribution is 5.94. The maximum Gasteiger partial charge on any atom is 0.387 e. The number of halogens is 2. The molecule has 5 nitrogen and oxygen atoms in total. The van der Waals surface area contributed by atoms with Crippen molar-refractivity contribution in [2.45, 2.75) is 32.3 Å². The molecule has 0 saturated carbocycles. The second-order valence-corrected chi connectivity index (χ2v) is 5.76. The van der Waals surface area contributed by atoms with E-state index in [0.717, 1.165) is 26.1 Å². The minimum atomic E-state index is -2.94. The molecule has 1 N–H and O–H groups in total. The normalized spacial score (nSPS) is 15.3. The number of carbonyl (C=O) groups is 1. The zero-order chi connectivity index (χ0) is 17.4. The van der Waals surface area contributed by atoms with Crippen molar-refractivity contribution >= 4 is 5.91 Å². The lowest BCUT2D eigenvalue weighted by Gasteiger charge is -2.26. The summed E-state index contributed by atoms with van der Waals surface area (Å²) in [7, 11) is 1.34. The first-order valence-electron chi connectivity index (χ1n) is 8.23. The summed E-state index contributed by atoms with van der Waals surface area (Å²) in [4.78, 5) is 14.5. The maximum absolute atomic E-state index is 12.3. The van der Waals surface area contributed by atoms with E-state index in [9.17, 15) is 13.6 Å². The van der Waals surface area contributed by atoms with Gasteiger partial charge in [-0.3, -0.25) is 4.79 Å². The van der Waals surface area contributed by atoms with Crippen LogP contribution in [0.5, 0.6) is 11.5 Å². The molecule has 1 aromatic carbocycles. The summed E-state index contributed by atoms with van der Waals surface area (Å²) < 4.78 is 33.9. The number of likely N-dealkylation sites (tertiary alicyclic amines) is 1. The van der Waals surface area contributed by atoms with Crippen LogP contribution in [0.15, 0.2) is 18.2 Å². The molecule has 1 aromatic rings. The number of piperidine rings is 1. The number of carbonyl (C=O) groups excluding carboxylic acids is 1. The number of ether oxygens (including phenoxy) is 2. The molecular formula is C17H24F2N2O3. The molecule has 0 radical (unpaired) electrons. The van der Waals surface area contributed by atoms with Crippen molar-refractivity contribution in [1.82, 2.24) is 10.2 Å². The molecular weight excluding hydrogens is 318 g/mol. The quantitative estimate of drug-likeness (QED) is 0.738. The van der Waals surface area contributed by atoms with Crippen LogP contribution in [0.4, 0.5) is 8.78 Å². The Labute approximate surface area is 140 Å². The van der Waals surface area contributed by atoms with Crippen LogP contribution in [0.3, 0.4) is 0 Å². The van der Waals surface area contributed by atoms with Crippen LogP contribution < -0.4 is 14.8 Å². The van der Waals surface area contributed by atoms with Crippen LogP contribution in [0, 0.1) is 0 Å². The maximum atomic E-state index is 12.3. The van der Waals surface area contributed by atoms with Gasteiger partial charge in [0.05, 0.1) is 7.11 Å². The van der Waals surface area contributed by atoms with Gasteiger partial charge in [0, 0.05) is 12.1 Å². The van der Waals surface area contributed by atoms with E-state index in [1.165, 1.54) is 44.6 Å². The zero-order valence-electron chi connectivity index (χ0n) is 13.9. The topological polar surface area (TPSA) is 50.8 Å². The van der Waals surface area contributed by atoms with Gasteiger partial charge in [-0.05, 0) is 57.1 Å². The van der Waals surface area contributed by atoms with Crippen molar-refractivity contribution in [2.24, 2.45) is 0 Å². The third-order valence-corrected chi connectivity index (χ3v) is 4.03. The summed E-state index contributed by atoms with van der Waals surface area (Å²) >= 11 is 0. The fourth-order valence-corrected chi connectivity index (χ4v) is 2.79. The Hall–Kier alpha value is -1.89. The molecule has 0 atom stereocenters. The summed E-state index contributed by atoms with van der Waals surface area (Å²) in [6.45, 7) is 0.888. The molecule has 0 spiro atoms. The van der Waals surface area contributed by atoms with E-state index in [1.807, 2.05) is 0 Å². The number of nitrogens with zero attached hydrogens (tertiary/aromatic N) is 1. The first kappa shape index (κ1) is 18.4. The second kappa shape index (κ2) is 9.42. The molecule has 0 unspecified atom stereocenters. The molecule has 0 aromatic heterocycles. The number of amides is 1. The molecule has 1 heterocycles. The van der Waals surface area contributed by atoms with Crippen molar-refractivity contribution < 1.29 is 23.0 Å². The summed E-state index contributed by atoms with van der Waals surface area (Å²) in [6, 6.07) is 4.16. The first-order valence-corrected chi connectivity index (χ1v) is 8.23. The van der Waals surface area contributed by atoms with E-state index in [2.05, 4.69) is 15.0 Å². The van der Waals surface area contributed by atoms with Crippen molar-refractivity contribution in [3.05, 3.63) is 23.8 Å². The summed E-state index contributed by atoms with van der Waals surface area (Å²) in [5.41, 5.74) is 0.353. The lowest BCUT2D eigenvalue weighted by Crippen LogP contribution is -2.33. The van der Waals surface area contributed by atoms with Crippen molar-refractivity contribution in [3.8, 4) is 11.5 Å². The van der Waals surface area contributed by atoms with Crippen molar-refractivity contribution in [3.63, 3.8) is 0 Å². The Kier molecular flexibility index (Phi) is 7.24. The molecule has 1 aliphatic heterocycles. The van der Waals surface area contributed by atoms with Crippen LogP contribution in [0.1, 0.15) is 36.0 Å². The van der Waals surface area contributed by atoms with Gasteiger partial charge < -0.3 is 19.7 Å². The number of hydrogen-bond donors (Lipinski definition) is 1. The average Bonchev–Trinajstić information content (AvgIpc) is 2.59. The Bertz CT molecular complexity index is 535. The predicted octanol–water partition coefficient (Wildman–Crippen LogP) is 2.90. The number of alkyl halides is 2. The lowest BCUT2D eigenvalue weighted by molar-refractivity contribution is -0.0512. The molecule has 0 bridgehead atoms. The SMILES string of the molecule is COc1cc(C(=O)NCCCN2CCCCC2)ccc1OC(F)F. The van der Waals surface area contributed by atoms with Crippen LogP contribution in [-0.4, -0.2) is 50.7 Å². The third kappa shape index (κ3) is 5.63. The van der Waals surface area contributed by atoms with Gasteiger partial charge in [0.25, 0.3) is 5.91 Å². The minimum Gasteiger partial charge on any atom is -0.493 e. The fourth-order valence-electron chi connectivity index (χ4n) is 2.79. The Morgan fingerprint density at radius 2 is 2.00 bits per heavy atom. The fraction of sp³-hybridized carbons (Fsp3) is 0.588. The lowest BCUT2D eigenvalue weighted by atomic mass is 10.1. The van der Waals surface area contributed by atoms with Gasteiger partial charge in [0.2, 0.25) is 0 Å². The van der Waals surface area contributed by atoms with Crippen LogP contribution >= 0.6 is 0 Å². The Morgan fingerprint density at radius 3 is 2.67 bits per heavy atom. The predicted molar refractivity (Wildman–Crippen MR) is 86.9 cm³/mol. The highest BCUT2D eigenvalue weighted by Crippen LogP contribution is 2.29. The zero-order valence-corrected chi connectivity index (χ0v) is 13.9. The van der Waals surface area contributed by atoms with E-state index in [0.29, 0.717) is 12.1 Å². The Morgan fingerprint density at radius 1 is 1.25 bits per heavy atom. The van der Waals surface area contributed by atoms with E-state index in [-0.39, 0.29) is 17.4 Å². The summed E-state index contributed by atoms with van der Waals surface area (Å²) in [5.74, 6) is -0.235. The molecule has 1 saturated heterocycles. The highest BCUT2D eigenvalue weighted by Gasteiger charge is 2.14. The van der Waals surface area contributed by atoms with Gasteiger partial charge >= 0.3 is 6.61 Å². The molecule has 24 heavy (non-hydrogen) atoms. The molecule has 134 valence electrons. The van der Waals surface area contributed by atoms with Gasteiger partial charge in [-0.25, -0.2) is 0 Å². The van der Waals surface area contributed by atoms with E-state index in [1.54, 1.807) is 0 Å². The molecule has 1 aliphatic rings. The van der Waals surface area contributed by atoms with E-state index in [4.69, 9.17) is 4.74 Å². The third-order valence-electron chi connectivity index (χ3n) is 4.03. The summed E-state index contributed by atoms with van der Waals surface area (Å²) in [5, 5.41) is 2.84. The number of methoxy groups -OCH3 is 1. The second-order valence-electron chi connectivity index (χ2n) is 5.76. The van der Waals surface area contributed by atoms with Crippen molar-refractivity contribution in [2.75, 3.05) is 33.3 Å². The van der Waals surface area contributed by atoms with Crippen LogP contribution in [-0.2, 0) is 0 Å². The largest absolute Gasteiger partial charge is 0.493 e. The van der Waals surface area contributed by atoms with Crippen LogP contribution in [0.2, 0.25) is 0 Å².